The first kappa shape index (κ1) is 24.3. The SMILES string of the molecule is CNC(=O)[C@H](C)n1ccc2c(NC(=O)C(C)c3ccc(Cl)c(C(F)(F)F)c3)cccc2c1=O. The summed E-state index contributed by atoms with van der Waals surface area (Å²) in [6.45, 7) is 3.06. The summed E-state index contributed by atoms with van der Waals surface area (Å²) in [7, 11) is 1.47. The van der Waals surface area contributed by atoms with E-state index in [4.69, 9.17) is 11.6 Å². The number of halogens is 4. The number of pyridine rings is 1. The standard InChI is InChI=1S/C23H21ClF3N3O3/c1-12(14-7-8-18(24)17(11-14)23(25,26)27)20(31)29-19-6-4-5-16-15(19)9-10-30(22(16)33)13(2)21(32)28-3/h4-13H,1-3H3,(H,28,32)(H,29,31)/t12?,13-/m0/s1. The Kier molecular flexibility index (Phi) is 6.83. The van der Waals surface area contributed by atoms with Crippen molar-refractivity contribution in [1.82, 2.24) is 9.88 Å². The zero-order chi connectivity index (χ0) is 24.5. The molecule has 0 aliphatic rings. The quantitative estimate of drug-likeness (QED) is 0.555. The number of amides is 2. The van der Waals surface area contributed by atoms with Gasteiger partial charge in [0.25, 0.3) is 5.56 Å². The molecule has 1 unspecified atom stereocenters. The number of carbonyl (C=O) groups is 2. The number of likely N-dealkylation sites (N-methyl/N-ethyl adjacent to an activating group) is 1. The molecule has 1 heterocycles. The van der Waals surface area contributed by atoms with Crippen LogP contribution in [0.3, 0.4) is 0 Å². The van der Waals surface area contributed by atoms with Crippen molar-refractivity contribution in [2.75, 3.05) is 12.4 Å². The van der Waals surface area contributed by atoms with Gasteiger partial charge in [-0.1, -0.05) is 23.7 Å². The second-order valence-corrected chi connectivity index (χ2v) is 7.94. The Balaban J connectivity index is 1.94. The van der Waals surface area contributed by atoms with Crippen molar-refractivity contribution in [1.29, 1.82) is 0 Å². The molecule has 0 spiro atoms. The van der Waals surface area contributed by atoms with Crippen molar-refractivity contribution in [2.45, 2.75) is 32.0 Å². The summed E-state index contributed by atoms with van der Waals surface area (Å²) >= 11 is 5.66. The number of aromatic nitrogens is 1. The smallest absolute Gasteiger partial charge is 0.357 e. The van der Waals surface area contributed by atoms with E-state index in [9.17, 15) is 27.6 Å². The summed E-state index contributed by atoms with van der Waals surface area (Å²) in [5, 5.41) is 5.44. The van der Waals surface area contributed by atoms with E-state index in [0.717, 1.165) is 12.1 Å². The number of nitrogens with zero attached hydrogens (tertiary/aromatic N) is 1. The molecule has 2 amide bonds. The molecule has 0 aliphatic carbocycles. The number of benzene rings is 2. The van der Waals surface area contributed by atoms with Crippen molar-refractivity contribution in [3.05, 3.63) is 75.2 Å². The van der Waals surface area contributed by atoms with Crippen LogP contribution in [-0.2, 0) is 15.8 Å². The van der Waals surface area contributed by atoms with Crippen molar-refractivity contribution >= 4 is 39.9 Å². The van der Waals surface area contributed by atoms with E-state index < -0.39 is 40.2 Å². The normalized spacial score (nSPS) is 13.4. The van der Waals surface area contributed by atoms with Gasteiger partial charge in [-0.3, -0.25) is 14.4 Å². The predicted molar refractivity (Wildman–Crippen MR) is 120 cm³/mol. The lowest BCUT2D eigenvalue weighted by Gasteiger charge is -2.17. The molecule has 33 heavy (non-hydrogen) atoms. The van der Waals surface area contributed by atoms with Crippen LogP contribution in [0.15, 0.2) is 53.5 Å². The van der Waals surface area contributed by atoms with Crippen LogP contribution in [0.25, 0.3) is 10.8 Å². The van der Waals surface area contributed by atoms with E-state index in [2.05, 4.69) is 10.6 Å². The van der Waals surface area contributed by atoms with Crippen LogP contribution in [0, 0.1) is 0 Å². The third-order valence-electron chi connectivity index (χ3n) is 5.46. The van der Waals surface area contributed by atoms with Crippen molar-refractivity contribution in [3.63, 3.8) is 0 Å². The van der Waals surface area contributed by atoms with E-state index in [-0.39, 0.29) is 16.9 Å². The number of alkyl halides is 3. The van der Waals surface area contributed by atoms with Gasteiger partial charge in [0.05, 0.1) is 16.5 Å². The average molecular weight is 480 g/mol. The van der Waals surface area contributed by atoms with Gasteiger partial charge < -0.3 is 15.2 Å². The van der Waals surface area contributed by atoms with Crippen LogP contribution >= 0.6 is 11.6 Å². The van der Waals surface area contributed by atoms with Crippen LogP contribution in [0.4, 0.5) is 18.9 Å². The summed E-state index contributed by atoms with van der Waals surface area (Å²) in [5.74, 6) is -1.82. The Labute approximate surface area is 192 Å². The third kappa shape index (κ3) is 4.88. The molecule has 0 saturated carbocycles. The van der Waals surface area contributed by atoms with Crippen molar-refractivity contribution in [3.8, 4) is 0 Å². The van der Waals surface area contributed by atoms with Gasteiger partial charge in [-0.25, -0.2) is 0 Å². The maximum atomic E-state index is 13.2. The molecule has 0 fully saturated rings. The summed E-state index contributed by atoms with van der Waals surface area (Å²) in [5.41, 5.74) is -0.963. The fraction of sp³-hybridized carbons (Fsp3) is 0.261. The van der Waals surface area contributed by atoms with Gasteiger partial charge in [0, 0.05) is 29.7 Å². The fourth-order valence-corrected chi connectivity index (χ4v) is 3.69. The van der Waals surface area contributed by atoms with Gasteiger partial charge >= 0.3 is 6.18 Å². The highest BCUT2D eigenvalue weighted by molar-refractivity contribution is 6.31. The van der Waals surface area contributed by atoms with Crippen molar-refractivity contribution < 1.29 is 22.8 Å². The van der Waals surface area contributed by atoms with E-state index in [1.54, 1.807) is 31.2 Å². The number of fused-ring (bicyclic) bond motifs is 1. The maximum absolute atomic E-state index is 13.2. The predicted octanol–water partition coefficient (Wildman–Crippen LogP) is 4.72. The first-order chi connectivity index (χ1) is 15.5. The maximum Gasteiger partial charge on any atom is 0.417 e. The lowest BCUT2D eigenvalue weighted by molar-refractivity contribution is -0.137. The Morgan fingerprint density at radius 2 is 1.73 bits per heavy atom. The summed E-state index contributed by atoms with van der Waals surface area (Å²) < 4.78 is 40.8. The zero-order valence-electron chi connectivity index (χ0n) is 18.0. The molecular weight excluding hydrogens is 459 g/mol. The van der Waals surface area contributed by atoms with E-state index >= 15 is 0 Å². The molecular formula is C23H21ClF3N3O3. The minimum Gasteiger partial charge on any atom is -0.357 e. The number of nitrogens with one attached hydrogen (secondary N) is 2. The Morgan fingerprint density at radius 1 is 1.03 bits per heavy atom. The Hall–Kier alpha value is -3.33. The lowest BCUT2D eigenvalue weighted by atomic mass is 9.97. The highest BCUT2D eigenvalue weighted by Crippen LogP contribution is 2.36. The van der Waals surface area contributed by atoms with Gasteiger partial charge in [0.2, 0.25) is 11.8 Å². The topological polar surface area (TPSA) is 80.2 Å². The number of hydrogen-bond donors (Lipinski definition) is 2. The summed E-state index contributed by atoms with van der Waals surface area (Å²) in [4.78, 5) is 37.7. The highest BCUT2D eigenvalue weighted by atomic mass is 35.5. The van der Waals surface area contributed by atoms with Gasteiger partial charge in [-0.05, 0) is 49.7 Å². The molecule has 2 aromatic carbocycles. The van der Waals surface area contributed by atoms with E-state index in [1.807, 2.05) is 0 Å². The molecule has 1 aromatic heterocycles. The number of rotatable bonds is 5. The molecule has 2 atom stereocenters. The molecule has 0 saturated heterocycles. The average Bonchev–Trinajstić information content (AvgIpc) is 2.77. The van der Waals surface area contributed by atoms with Gasteiger partial charge in [-0.2, -0.15) is 13.2 Å². The number of hydrogen-bond acceptors (Lipinski definition) is 3. The van der Waals surface area contributed by atoms with Crippen molar-refractivity contribution in [2.24, 2.45) is 0 Å². The molecule has 6 nitrogen and oxygen atoms in total. The molecule has 0 radical (unpaired) electrons. The van der Waals surface area contributed by atoms with Crippen LogP contribution in [0.2, 0.25) is 5.02 Å². The van der Waals surface area contributed by atoms with Gasteiger partial charge in [-0.15, -0.1) is 0 Å². The summed E-state index contributed by atoms with van der Waals surface area (Å²) in [6, 6.07) is 8.91. The first-order valence-corrected chi connectivity index (χ1v) is 10.4. The van der Waals surface area contributed by atoms with E-state index in [0.29, 0.717) is 11.1 Å². The molecule has 0 bridgehead atoms. The van der Waals surface area contributed by atoms with Crippen LogP contribution in [0.5, 0.6) is 0 Å². The Morgan fingerprint density at radius 3 is 2.36 bits per heavy atom. The van der Waals surface area contributed by atoms with Gasteiger partial charge in [0.1, 0.15) is 6.04 Å². The molecule has 3 aromatic rings. The molecule has 2 N–H and O–H groups in total. The second kappa shape index (κ2) is 9.27. The molecule has 10 heteroatoms. The fourth-order valence-electron chi connectivity index (χ4n) is 3.46. The third-order valence-corrected chi connectivity index (χ3v) is 5.79. The minimum atomic E-state index is -4.65. The lowest BCUT2D eigenvalue weighted by Crippen LogP contribution is -2.33. The van der Waals surface area contributed by atoms with Gasteiger partial charge in [0.15, 0.2) is 0 Å². The number of carbonyl (C=O) groups excluding carboxylic acids is 2. The van der Waals surface area contributed by atoms with Crippen LogP contribution in [-0.4, -0.2) is 23.4 Å². The largest absolute Gasteiger partial charge is 0.417 e. The second-order valence-electron chi connectivity index (χ2n) is 7.53. The zero-order valence-corrected chi connectivity index (χ0v) is 18.7. The van der Waals surface area contributed by atoms with Crippen LogP contribution < -0.4 is 16.2 Å². The van der Waals surface area contributed by atoms with Crippen LogP contribution in [0.1, 0.15) is 36.9 Å². The first-order valence-electron chi connectivity index (χ1n) is 9.98. The molecule has 174 valence electrons. The highest BCUT2D eigenvalue weighted by Gasteiger charge is 2.34. The molecule has 3 rings (SSSR count). The minimum absolute atomic E-state index is 0.145. The van der Waals surface area contributed by atoms with E-state index in [1.165, 1.54) is 30.8 Å². The Bertz CT molecular complexity index is 1290. The number of anilines is 1. The summed E-state index contributed by atoms with van der Waals surface area (Å²) in [6.07, 6.45) is -3.19. The molecule has 0 aliphatic heterocycles. The monoisotopic (exact) mass is 479 g/mol.